The van der Waals surface area contributed by atoms with Gasteiger partial charge in [0.15, 0.2) is 0 Å². The fraction of sp³-hybridized carbons (Fsp3) is 0.407. The van der Waals surface area contributed by atoms with Crippen LogP contribution in [0, 0.1) is 0 Å². The third-order valence-electron chi connectivity index (χ3n) is 13.1. The van der Waals surface area contributed by atoms with E-state index in [9.17, 15) is 27.9 Å². The molecule has 2 atom stereocenters. The molecule has 10 rings (SSSR count). The molecule has 2 unspecified atom stereocenters. The molecule has 5 N–H and O–H groups in total. The number of anilines is 4. The summed E-state index contributed by atoms with van der Waals surface area (Å²) < 4.78 is 54.7. The molecule has 0 saturated heterocycles. The Morgan fingerprint density at radius 2 is 1.10 bits per heavy atom. The number of amides is 2. The molecule has 8 aromatic rings. The van der Waals surface area contributed by atoms with Gasteiger partial charge in [-0.05, 0) is 59.4 Å². The first-order valence-corrected chi connectivity index (χ1v) is 25.9. The van der Waals surface area contributed by atoms with Crippen molar-refractivity contribution in [3.8, 4) is 22.5 Å². The Bertz CT molecular complexity index is 3450. The highest BCUT2D eigenvalue weighted by Gasteiger charge is 2.35. The van der Waals surface area contributed by atoms with Crippen LogP contribution in [0.4, 0.5) is 36.4 Å². The number of carbonyl (C=O) groups excluding carboxylic acids is 2. The third kappa shape index (κ3) is 14.2. The number of nitrogens with one attached hydrogen (secondary N) is 4. The zero-order chi connectivity index (χ0) is 56.9. The number of halogens is 3. The summed E-state index contributed by atoms with van der Waals surface area (Å²) in [6.45, 7) is 12.5. The molecule has 2 aliphatic heterocycles. The molecule has 2 amide bonds. The first-order chi connectivity index (χ1) is 38.0. The van der Waals surface area contributed by atoms with E-state index in [1.165, 1.54) is 4.90 Å². The smallest absolute Gasteiger partial charge is 0.401 e. The Balaban J connectivity index is 0.000000194. The van der Waals surface area contributed by atoms with Crippen molar-refractivity contribution in [2.24, 2.45) is 14.1 Å². The second-order valence-corrected chi connectivity index (χ2v) is 21.7. The number of β-amino-alcohol motifs (C(OH)–C–C–N with tert-alkyl or cyclic N) is 1. The van der Waals surface area contributed by atoms with Crippen LogP contribution in [0.15, 0.2) is 94.5 Å². The van der Waals surface area contributed by atoms with Crippen molar-refractivity contribution in [3.63, 3.8) is 0 Å². The average molecular weight is 1100 g/mol. The molecule has 8 heterocycles. The molecule has 2 aromatic carbocycles. The maximum Gasteiger partial charge on any atom is 0.401 e. The average Bonchev–Trinajstić information content (AvgIpc) is 4.23. The number of fused-ring (bicyclic) bond motifs is 2. The number of hydrogen-bond donors (Lipinski definition) is 5. The van der Waals surface area contributed by atoms with Crippen LogP contribution in [0.5, 0.6) is 0 Å². The number of hydrogen-bond acceptors (Lipinski definition) is 19. The number of rotatable bonds is 13. The van der Waals surface area contributed by atoms with Crippen molar-refractivity contribution in [2.75, 3.05) is 43.4 Å². The lowest BCUT2D eigenvalue weighted by molar-refractivity contribution is -0.147. The maximum atomic E-state index is 13.4. The molecule has 0 bridgehead atoms. The van der Waals surface area contributed by atoms with Gasteiger partial charge in [-0.1, -0.05) is 65.8 Å². The van der Waals surface area contributed by atoms with E-state index < -0.39 is 36.0 Å². The van der Waals surface area contributed by atoms with Crippen LogP contribution in [0.1, 0.15) is 122 Å². The van der Waals surface area contributed by atoms with Crippen molar-refractivity contribution in [1.29, 1.82) is 0 Å². The van der Waals surface area contributed by atoms with Gasteiger partial charge in [0.1, 0.15) is 0 Å². The van der Waals surface area contributed by atoms with Crippen molar-refractivity contribution in [1.82, 2.24) is 80.3 Å². The van der Waals surface area contributed by atoms with Gasteiger partial charge in [-0.2, -0.15) is 23.4 Å². The number of nitrogens with zero attached hydrogens (tertiary/aromatic N) is 14. The minimum Gasteiger partial charge on any atom is -0.416 e. The molecule has 0 radical (unpaired) electrons. The minimum absolute atomic E-state index is 0.0512. The largest absolute Gasteiger partial charge is 0.416 e. The molecule has 2 aliphatic rings. The molecule has 420 valence electrons. The van der Waals surface area contributed by atoms with E-state index >= 15 is 0 Å². The van der Waals surface area contributed by atoms with Crippen molar-refractivity contribution in [3.05, 3.63) is 132 Å². The minimum atomic E-state index is -4.37. The van der Waals surface area contributed by atoms with Crippen LogP contribution in [-0.2, 0) is 38.0 Å². The SMILES string of the molecule is Cn1cc(Nc2nccc(-c3ccc4c(c3)CN(CC(F)(F)F)CCC4NC(=O)c3nnc(C(C)(C)C)o3)n2)cn1.Cn1cc(Nc2nccc(-c3ccc4c(c3)CN(CCO)CCC4NC(=O)c3nnc(C(C)(C)C)o3)n2)cn1. The summed E-state index contributed by atoms with van der Waals surface area (Å²) in [6.07, 6.45) is 6.86. The molecule has 0 fully saturated rings. The van der Waals surface area contributed by atoms with Gasteiger partial charge in [-0.25, -0.2) is 19.9 Å². The standard InChI is InChI=1S/C27H30F3N9O2.C27H33N9O3/c1-26(2,3)24-37-36-23(41-24)22(40)34-21-8-10-39(15-27(28,29)30)13-17-11-16(5-6-19(17)21)20-7-9-31-25(35-20)33-18-12-32-38(4)14-18;1-27(2,3)25-34-33-24(39-25)23(38)31-22-8-10-36(11-12-37)15-18-13-17(5-6-20(18)22)21-7-9-28-26(32-21)30-19-14-29-35(4)16-19/h5-7,9,11-12,14,21H,8,10,13,15H2,1-4H3,(H,34,40)(H,31,33,35);5-7,9,13-14,16,22,37H,8,10-12,15H2,1-4H3,(H,31,38)(H,28,30,32). The zero-order valence-corrected chi connectivity index (χ0v) is 45.6. The normalized spacial score (nSPS) is 16.1. The lowest BCUT2D eigenvalue weighted by Gasteiger charge is -2.22. The quantitative estimate of drug-likeness (QED) is 0.0747. The zero-order valence-electron chi connectivity index (χ0n) is 45.6. The Morgan fingerprint density at radius 3 is 1.50 bits per heavy atom. The van der Waals surface area contributed by atoms with Crippen molar-refractivity contribution >= 4 is 35.1 Å². The van der Waals surface area contributed by atoms with E-state index in [1.807, 2.05) is 91.2 Å². The Labute approximate surface area is 458 Å². The lowest BCUT2D eigenvalue weighted by Crippen LogP contribution is -2.35. The highest BCUT2D eigenvalue weighted by molar-refractivity contribution is 5.90. The molecule has 0 saturated carbocycles. The topological polar surface area (TPSA) is 274 Å². The van der Waals surface area contributed by atoms with Gasteiger partial charge in [0, 0.05) is 93.6 Å². The Hall–Kier alpha value is -8.49. The second-order valence-electron chi connectivity index (χ2n) is 21.7. The Kier molecular flexibility index (Phi) is 16.5. The summed E-state index contributed by atoms with van der Waals surface area (Å²) in [5.74, 6) is 0.306. The maximum absolute atomic E-state index is 13.4. The highest BCUT2D eigenvalue weighted by Crippen LogP contribution is 2.34. The second kappa shape index (κ2) is 23.5. The van der Waals surface area contributed by atoms with Gasteiger partial charge in [-0.3, -0.25) is 28.8 Å². The fourth-order valence-electron chi connectivity index (χ4n) is 9.14. The fourth-order valence-corrected chi connectivity index (χ4v) is 9.14. The van der Waals surface area contributed by atoms with Gasteiger partial charge >= 0.3 is 29.8 Å². The van der Waals surface area contributed by atoms with Gasteiger partial charge < -0.3 is 35.2 Å². The molecule has 6 aromatic heterocycles. The number of alkyl halides is 3. The van der Waals surface area contributed by atoms with E-state index in [1.54, 1.807) is 53.5 Å². The summed E-state index contributed by atoms with van der Waals surface area (Å²) in [5.41, 5.74) is 7.10. The van der Waals surface area contributed by atoms with Crippen molar-refractivity contribution < 1.29 is 36.7 Å². The van der Waals surface area contributed by atoms with Crippen LogP contribution in [0.25, 0.3) is 22.5 Å². The predicted molar refractivity (Wildman–Crippen MR) is 287 cm³/mol. The van der Waals surface area contributed by atoms with E-state index in [0.717, 1.165) is 28.1 Å². The summed E-state index contributed by atoms with van der Waals surface area (Å²) in [7, 11) is 3.64. The van der Waals surface area contributed by atoms with Crippen LogP contribution < -0.4 is 21.3 Å². The monoisotopic (exact) mass is 1100 g/mol. The first kappa shape index (κ1) is 56.2. The van der Waals surface area contributed by atoms with E-state index in [0.29, 0.717) is 77.8 Å². The summed E-state index contributed by atoms with van der Waals surface area (Å²) in [6, 6.07) is 14.3. The number of aliphatic hydroxyl groups excluding tert-OH is 1. The van der Waals surface area contributed by atoms with Crippen LogP contribution in [0.2, 0.25) is 0 Å². The van der Waals surface area contributed by atoms with Crippen LogP contribution >= 0.6 is 0 Å². The van der Waals surface area contributed by atoms with Gasteiger partial charge in [0.2, 0.25) is 23.7 Å². The molecule has 23 nitrogen and oxygen atoms in total. The summed E-state index contributed by atoms with van der Waals surface area (Å²) >= 11 is 0. The molecule has 80 heavy (non-hydrogen) atoms. The van der Waals surface area contributed by atoms with Gasteiger partial charge in [0.25, 0.3) is 0 Å². The van der Waals surface area contributed by atoms with Crippen LogP contribution in [0.3, 0.4) is 0 Å². The summed E-state index contributed by atoms with van der Waals surface area (Å²) in [5, 5.41) is 46.0. The van der Waals surface area contributed by atoms with E-state index in [-0.39, 0.29) is 49.4 Å². The number of benzene rings is 2. The number of carbonyl (C=O) groups is 2. The van der Waals surface area contributed by atoms with Gasteiger partial charge in [0.05, 0.1) is 60.4 Å². The molecule has 0 aliphatic carbocycles. The number of aliphatic hydroxyl groups is 1. The predicted octanol–water partition coefficient (Wildman–Crippen LogP) is 7.51. The highest BCUT2D eigenvalue weighted by atomic mass is 19.4. The molecular formula is C54H63F3N18O5. The van der Waals surface area contributed by atoms with E-state index in [2.05, 4.69) is 77.8 Å². The number of aryl methyl sites for hydroxylation is 2. The molecular weight excluding hydrogens is 1040 g/mol. The van der Waals surface area contributed by atoms with Crippen LogP contribution in [-0.4, -0.2) is 126 Å². The third-order valence-corrected chi connectivity index (χ3v) is 13.1. The lowest BCUT2D eigenvalue weighted by atomic mass is 9.96. The van der Waals surface area contributed by atoms with Crippen molar-refractivity contribution in [2.45, 2.75) is 96.6 Å². The Morgan fingerprint density at radius 1 is 0.650 bits per heavy atom. The molecule has 26 heteroatoms. The van der Waals surface area contributed by atoms with E-state index in [4.69, 9.17) is 13.8 Å². The summed E-state index contributed by atoms with van der Waals surface area (Å²) in [4.78, 5) is 47.5. The van der Waals surface area contributed by atoms with Gasteiger partial charge in [-0.15, -0.1) is 20.4 Å². The number of aromatic nitrogens is 12. The first-order valence-electron chi connectivity index (χ1n) is 25.9. The molecule has 0 spiro atoms.